The highest BCUT2D eigenvalue weighted by Gasteiger charge is 1.90. The lowest BCUT2D eigenvalue weighted by molar-refractivity contribution is 0.450. The molecule has 2 heterocycles. The van der Waals surface area contributed by atoms with Crippen molar-refractivity contribution in [3.05, 3.63) is 42.7 Å². The smallest absolute Gasteiger partial charge is 0.119 e. The van der Waals surface area contributed by atoms with Gasteiger partial charge in [0.15, 0.2) is 0 Å². The molecule has 0 bridgehead atoms. The third kappa shape index (κ3) is 2.91. The molecule has 17 heavy (non-hydrogen) atoms. The Kier molecular flexibility index (Phi) is 3.15. The molecule has 0 aliphatic heterocycles. The van der Waals surface area contributed by atoms with Crippen LogP contribution < -0.4 is 0 Å². The number of phenolic OH excluding ortho intramolecular Hbond substituents is 2. The summed E-state index contributed by atoms with van der Waals surface area (Å²) in [6.45, 7) is 0. The van der Waals surface area contributed by atoms with E-state index >= 15 is 0 Å². The Morgan fingerprint density at radius 3 is 2.41 bits per heavy atom. The average molecular weight is 230 g/mol. The van der Waals surface area contributed by atoms with Crippen LogP contribution in [0.3, 0.4) is 0 Å². The zero-order valence-electron chi connectivity index (χ0n) is 8.78. The molecule has 1 aromatic carbocycles. The lowest BCUT2D eigenvalue weighted by Crippen LogP contribution is -1.83. The van der Waals surface area contributed by atoms with Gasteiger partial charge in [-0.05, 0) is 23.4 Å². The quantitative estimate of drug-likeness (QED) is 0.543. The molecule has 3 N–H and O–H groups in total. The van der Waals surface area contributed by atoms with Crippen molar-refractivity contribution in [1.82, 2.24) is 20.4 Å². The molecule has 3 rings (SSSR count). The highest BCUT2D eigenvalue weighted by atomic mass is 16.3. The standard InChI is InChI=1S/C6H6O2.C5H4N4/c7-5-2-1-3-6(8)4-5;1-2-6-5-3-7-9-8-4(1)5/h1-4,7-8H;1-3,6H. The lowest BCUT2D eigenvalue weighted by atomic mass is 10.3. The molecule has 0 aliphatic rings. The summed E-state index contributed by atoms with van der Waals surface area (Å²) in [4.78, 5) is 2.95. The van der Waals surface area contributed by atoms with E-state index in [4.69, 9.17) is 10.2 Å². The number of fused-ring (bicyclic) bond motifs is 1. The number of H-pyrrole nitrogens is 1. The van der Waals surface area contributed by atoms with E-state index in [2.05, 4.69) is 20.4 Å². The first-order valence-corrected chi connectivity index (χ1v) is 4.85. The molecule has 3 aromatic rings. The van der Waals surface area contributed by atoms with Crippen LogP contribution in [-0.2, 0) is 0 Å². The van der Waals surface area contributed by atoms with Gasteiger partial charge in [-0.15, -0.1) is 10.2 Å². The highest BCUT2D eigenvalue weighted by Crippen LogP contribution is 2.14. The molecule has 0 radical (unpaired) electrons. The van der Waals surface area contributed by atoms with Crippen molar-refractivity contribution < 1.29 is 10.2 Å². The Bertz CT molecular complexity index is 561. The number of hydrogen-bond donors (Lipinski definition) is 3. The summed E-state index contributed by atoms with van der Waals surface area (Å²) in [7, 11) is 0. The van der Waals surface area contributed by atoms with Crippen LogP contribution in [0.15, 0.2) is 42.7 Å². The molecule has 6 heteroatoms. The molecule has 0 atom stereocenters. The maximum atomic E-state index is 8.65. The minimum atomic E-state index is 0.0880. The summed E-state index contributed by atoms with van der Waals surface area (Å²) in [6.07, 6.45) is 3.45. The van der Waals surface area contributed by atoms with Crippen molar-refractivity contribution in [2.75, 3.05) is 0 Å². The second-order valence-electron chi connectivity index (χ2n) is 3.23. The van der Waals surface area contributed by atoms with Crippen LogP contribution >= 0.6 is 0 Å². The molecular weight excluding hydrogens is 220 g/mol. The van der Waals surface area contributed by atoms with Crippen LogP contribution in [0.1, 0.15) is 0 Å². The third-order valence-electron chi connectivity index (χ3n) is 1.98. The number of aromatic amines is 1. The third-order valence-corrected chi connectivity index (χ3v) is 1.98. The molecule has 0 fully saturated rings. The van der Waals surface area contributed by atoms with Gasteiger partial charge in [0.2, 0.25) is 0 Å². The number of aromatic hydroxyl groups is 2. The zero-order chi connectivity index (χ0) is 12.1. The number of aromatic nitrogens is 4. The van der Waals surface area contributed by atoms with Crippen LogP contribution in [0.2, 0.25) is 0 Å². The molecule has 0 unspecified atom stereocenters. The van der Waals surface area contributed by atoms with E-state index in [-0.39, 0.29) is 11.5 Å². The van der Waals surface area contributed by atoms with Crippen LogP contribution in [0, 0.1) is 0 Å². The van der Waals surface area contributed by atoms with Crippen LogP contribution in [-0.4, -0.2) is 30.6 Å². The number of nitrogens with zero attached hydrogens (tertiary/aromatic N) is 3. The van der Waals surface area contributed by atoms with Gasteiger partial charge in [-0.25, -0.2) is 0 Å². The molecular formula is C11H10N4O2. The largest absolute Gasteiger partial charge is 0.508 e. The van der Waals surface area contributed by atoms with Gasteiger partial charge < -0.3 is 15.2 Å². The first-order chi connectivity index (χ1) is 8.25. The van der Waals surface area contributed by atoms with Gasteiger partial charge >= 0.3 is 0 Å². The first kappa shape index (κ1) is 10.9. The minimum absolute atomic E-state index is 0.0880. The number of nitrogens with one attached hydrogen (secondary N) is 1. The van der Waals surface area contributed by atoms with E-state index in [0.717, 1.165) is 11.0 Å². The molecule has 2 aromatic heterocycles. The summed E-state index contributed by atoms with van der Waals surface area (Å²) >= 11 is 0. The molecule has 0 amide bonds. The van der Waals surface area contributed by atoms with E-state index in [1.54, 1.807) is 18.5 Å². The van der Waals surface area contributed by atoms with Crippen molar-refractivity contribution in [3.8, 4) is 11.5 Å². The fraction of sp³-hybridized carbons (Fsp3) is 0. The SMILES string of the molecule is Oc1cccc(O)c1.c1cc2nnncc2[nH]1. The van der Waals surface area contributed by atoms with Gasteiger partial charge in [-0.1, -0.05) is 6.07 Å². The number of benzene rings is 1. The Balaban J connectivity index is 0.000000128. The topological polar surface area (TPSA) is 94.9 Å². The van der Waals surface area contributed by atoms with Gasteiger partial charge in [0, 0.05) is 12.3 Å². The Hall–Kier alpha value is -2.63. The summed E-state index contributed by atoms with van der Waals surface area (Å²) in [5.74, 6) is 0.176. The lowest BCUT2D eigenvalue weighted by Gasteiger charge is -1.89. The molecule has 86 valence electrons. The highest BCUT2D eigenvalue weighted by molar-refractivity contribution is 5.72. The second-order valence-corrected chi connectivity index (χ2v) is 3.23. The van der Waals surface area contributed by atoms with E-state index in [9.17, 15) is 0 Å². The van der Waals surface area contributed by atoms with Crippen molar-refractivity contribution in [2.24, 2.45) is 0 Å². The maximum absolute atomic E-state index is 8.65. The van der Waals surface area contributed by atoms with Gasteiger partial charge in [0.1, 0.15) is 17.0 Å². The van der Waals surface area contributed by atoms with E-state index < -0.39 is 0 Å². The predicted molar refractivity (Wildman–Crippen MR) is 61.5 cm³/mol. The average Bonchev–Trinajstić information content (AvgIpc) is 2.77. The number of hydrogen-bond acceptors (Lipinski definition) is 5. The normalized spacial score (nSPS) is 9.65. The molecule has 0 saturated heterocycles. The van der Waals surface area contributed by atoms with Gasteiger partial charge in [0.25, 0.3) is 0 Å². The number of rotatable bonds is 0. The van der Waals surface area contributed by atoms with Gasteiger partial charge in [-0.2, -0.15) is 0 Å². The summed E-state index contributed by atoms with van der Waals surface area (Å²) in [5, 5.41) is 28.1. The summed E-state index contributed by atoms with van der Waals surface area (Å²) in [6, 6.07) is 7.70. The fourth-order valence-corrected chi connectivity index (χ4v) is 1.22. The van der Waals surface area contributed by atoms with E-state index in [1.807, 2.05) is 6.07 Å². The Labute approximate surface area is 96.6 Å². The van der Waals surface area contributed by atoms with Crippen molar-refractivity contribution in [1.29, 1.82) is 0 Å². The Morgan fingerprint density at radius 2 is 1.82 bits per heavy atom. The predicted octanol–water partition coefficient (Wildman–Crippen LogP) is 1.45. The van der Waals surface area contributed by atoms with E-state index in [1.165, 1.54) is 18.2 Å². The van der Waals surface area contributed by atoms with Crippen LogP contribution in [0.5, 0.6) is 11.5 Å². The maximum Gasteiger partial charge on any atom is 0.119 e. The van der Waals surface area contributed by atoms with E-state index in [0.29, 0.717) is 0 Å². The minimum Gasteiger partial charge on any atom is -0.508 e. The van der Waals surface area contributed by atoms with Gasteiger partial charge in [0.05, 0.1) is 11.7 Å². The summed E-state index contributed by atoms with van der Waals surface area (Å²) in [5.41, 5.74) is 1.77. The molecule has 6 nitrogen and oxygen atoms in total. The fourth-order valence-electron chi connectivity index (χ4n) is 1.22. The van der Waals surface area contributed by atoms with Crippen molar-refractivity contribution in [2.45, 2.75) is 0 Å². The van der Waals surface area contributed by atoms with Crippen LogP contribution in [0.4, 0.5) is 0 Å². The molecule has 0 spiro atoms. The molecule has 0 aliphatic carbocycles. The molecule has 0 saturated carbocycles. The zero-order valence-corrected chi connectivity index (χ0v) is 8.78. The van der Waals surface area contributed by atoms with Crippen molar-refractivity contribution >= 4 is 11.0 Å². The van der Waals surface area contributed by atoms with Crippen molar-refractivity contribution in [3.63, 3.8) is 0 Å². The second kappa shape index (κ2) is 4.93. The Morgan fingerprint density at radius 1 is 1.06 bits per heavy atom. The van der Waals surface area contributed by atoms with Crippen LogP contribution in [0.25, 0.3) is 11.0 Å². The summed E-state index contributed by atoms with van der Waals surface area (Å²) < 4.78 is 0. The van der Waals surface area contributed by atoms with Gasteiger partial charge in [-0.3, -0.25) is 0 Å². The first-order valence-electron chi connectivity index (χ1n) is 4.85. The monoisotopic (exact) mass is 230 g/mol. The number of phenols is 2.